The lowest BCUT2D eigenvalue weighted by molar-refractivity contribution is -0.119. The number of hydrogen-bond donors (Lipinski definition) is 1. The SMILES string of the molecule is Cc1cccc(C)c1NC(=O)C(C)n1nc(-c2ccccc2)ccc1=O. The Kier molecular flexibility index (Phi) is 4.98. The molecule has 1 aromatic heterocycles. The van der Waals surface area contributed by atoms with Gasteiger partial charge in [0.25, 0.3) is 5.56 Å². The Morgan fingerprint density at radius 1 is 0.962 bits per heavy atom. The van der Waals surface area contributed by atoms with E-state index in [0.29, 0.717) is 5.69 Å². The van der Waals surface area contributed by atoms with Gasteiger partial charge in [0.2, 0.25) is 5.91 Å². The molecular weight excluding hydrogens is 326 g/mol. The van der Waals surface area contributed by atoms with Crippen LogP contribution in [0.4, 0.5) is 5.69 Å². The van der Waals surface area contributed by atoms with Gasteiger partial charge in [-0.3, -0.25) is 9.59 Å². The number of para-hydroxylation sites is 1. The summed E-state index contributed by atoms with van der Waals surface area (Å²) in [6.45, 7) is 5.55. The lowest BCUT2D eigenvalue weighted by Gasteiger charge is -2.17. The Hall–Kier alpha value is -3.21. The summed E-state index contributed by atoms with van der Waals surface area (Å²) in [5.74, 6) is -0.276. The number of aryl methyl sites for hydroxylation is 2. The number of rotatable bonds is 4. The van der Waals surface area contributed by atoms with Gasteiger partial charge in [0.1, 0.15) is 6.04 Å². The van der Waals surface area contributed by atoms with Crippen LogP contribution in [0.5, 0.6) is 0 Å². The van der Waals surface area contributed by atoms with Gasteiger partial charge < -0.3 is 5.32 Å². The summed E-state index contributed by atoms with van der Waals surface area (Å²) < 4.78 is 1.23. The minimum absolute atomic E-state index is 0.276. The van der Waals surface area contributed by atoms with Crippen molar-refractivity contribution in [3.63, 3.8) is 0 Å². The second kappa shape index (κ2) is 7.35. The lowest BCUT2D eigenvalue weighted by atomic mass is 10.1. The van der Waals surface area contributed by atoms with Gasteiger partial charge in [-0.25, -0.2) is 4.68 Å². The van der Waals surface area contributed by atoms with Crippen LogP contribution in [0.1, 0.15) is 24.1 Å². The van der Waals surface area contributed by atoms with E-state index in [9.17, 15) is 9.59 Å². The van der Waals surface area contributed by atoms with Crippen molar-refractivity contribution in [1.29, 1.82) is 0 Å². The summed E-state index contributed by atoms with van der Waals surface area (Å²) in [6.07, 6.45) is 0. The summed E-state index contributed by atoms with van der Waals surface area (Å²) in [5, 5.41) is 7.32. The molecule has 1 heterocycles. The fraction of sp³-hybridized carbons (Fsp3) is 0.190. The highest BCUT2D eigenvalue weighted by Crippen LogP contribution is 2.21. The van der Waals surface area contributed by atoms with E-state index in [1.807, 2.05) is 62.4 Å². The quantitative estimate of drug-likeness (QED) is 0.782. The number of anilines is 1. The minimum Gasteiger partial charge on any atom is -0.324 e. The standard InChI is InChI=1S/C21H21N3O2/c1-14-8-7-9-15(2)20(14)22-21(26)16(3)24-19(25)13-12-18(23-24)17-10-5-4-6-11-17/h4-13,16H,1-3H3,(H,22,26). The van der Waals surface area contributed by atoms with Crippen molar-refractivity contribution in [3.8, 4) is 11.3 Å². The maximum Gasteiger partial charge on any atom is 0.267 e. The van der Waals surface area contributed by atoms with E-state index in [0.717, 1.165) is 22.4 Å². The molecule has 1 atom stereocenters. The Morgan fingerprint density at radius 3 is 2.27 bits per heavy atom. The normalized spacial score (nSPS) is 11.8. The number of nitrogens with one attached hydrogen (secondary N) is 1. The molecule has 3 rings (SSSR count). The Morgan fingerprint density at radius 2 is 1.62 bits per heavy atom. The average molecular weight is 347 g/mol. The van der Waals surface area contributed by atoms with Gasteiger partial charge in [-0.2, -0.15) is 5.10 Å². The number of nitrogens with zero attached hydrogens (tertiary/aromatic N) is 2. The molecule has 0 bridgehead atoms. The molecule has 0 aliphatic heterocycles. The molecule has 2 aromatic carbocycles. The van der Waals surface area contributed by atoms with Gasteiger partial charge >= 0.3 is 0 Å². The molecule has 1 N–H and O–H groups in total. The molecule has 0 fully saturated rings. The van der Waals surface area contributed by atoms with Crippen LogP contribution in [0.3, 0.4) is 0 Å². The number of aromatic nitrogens is 2. The first kappa shape index (κ1) is 17.6. The van der Waals surface area contributed by atoms with Gasteiger partial charge in [0, 0.05) is 17.3 Å². The first-order valence-electron chi connectivity index (χ1n) is 8.50. The van der Waals surface area contributed by atoms with Crippen molar-refractivity contribution < 1.29 is 4.79 Å². The van der Waals surface area contributed by atoms with Crippen LogP contribution in [0, 0.1) is 13.8 Å². The number of benzene rings is 2. The summed E-state index contributed by atoms with van der Waals surface area (Å²) in [4.78, 5) is 25.0. The number of hydrogen-bond acceptors (Lipinski definition) is 3. The van der Waals surface area contributed by atoms with Gasteiger partial charge in [-0.05, 0) is 38.0 Å². The fourth-order valence-corrected chi connectivity index (χ4v) is 2.82. The third-order valence-corrected chi connectivity index (χ3v) is 4.37. The zero-order chi connectivity index (χ0) is 18.7. The third kappa shape index (κ3) is 3.57. The fourth-order valence-electron chi connectivity index (χ4n) is 2.82. The summed E-state index contributed by atoms with van der Waals surface area (Å²) in [7, 11) is 0. The second-order valence-corrected chi connectivity index (χ2v) is 6.30. The summed E-state index contributed by atoms with van der Waals surface area (Å²) in [6, 6.07) is 17.8. The van der Waals surface area contributed by atoms with Gasteiger partial charge in [0.15, 0.2) is 0 Å². The van der Waals surface area contributed by atoms with Crippen molar-refractivity contribution >= 4 is 11.6 Å². The van der Waals surface area contributed by atoms with Crippen molar-refractivity contribution in [1.82, 2.24) is 9.78 Å². The number of amides is 1. The molecule has 132 valence electrons. The molecule has 0 spiro atoms. The maximum atomic E-state index is 12.7. The van der Waals surface area contributed by atoms with E-state index in [2.05, 4.69) is 10.4 Å². The van der Waals surface area contributed by atoms with Crippen LogP contribution < -0.4 is 10.9 Å². The Labute approximate surface area is 152 Å². The van der Waals surface area contributed by atoms with Crippen LogP contribution in [0.25, 0.3) is 11.3 Å². The molecule has 0 saturated heterocycles. The lowest BCUT2D eigenvalue weighted by Crippen LogP contribution is -2.33. The Balaban J connectivity index is 1.91. The van der Waals surface area contributed by atoms with Crippen molar-refractivity contribution in [2.75, 3.05) is 5.32 Å². The van der Waals surface area contributed by atoms with Crippen molar-refractivity contribution in [2.24, 2.45) is 0 Å². The topological polar surface area (TPSA) is 64.0 Å². The third-order valence-electron chi connectivity index (χ3n) is 4.37. The Bertz CT molecular complexity index is 973. The first-order chi connectivity index (χ1) is 12.5. The predicted molar refractivity (Wildman–Crippen MR) is 103 cm³/mol. The van der Waals surface area contributed by atoms with Crippen LogP contribution in [0.15, 0.2) is 65.5 Å². The van der Waals surface area contributed by atoms with Gasteiger partial charge in [-0.15, -0.1) is 0 Å². The van der Waals surface area contributed by atoms with Crippen LogP contribution >= 0.6 is 0 Å². The molecule has 1 amide bonds. The second-order valence-electron chi connectivity index (χ2n) is 6.30. The van der Waals surface area contributed by atoms with Crippen LogP contribution in [0.2, 0.25) is 0 Å². The largest absolute Gasteiger partial charge is 0.324 e. The highest BCUT2D eigenvalue weighted by molar-refractivity contribution is 5.94. The predicted octanol–water partition coefficient (Wildman–Crippen LogP) is 3.73. The molecule has 3 aromatic rings. The van der Waals surface area contributed by atoms with Crippen LogP contribution in [-0.4, -0.2) is 15.7 Å². The molecule has 5 heteroatoms. The molecule has 0 saturated carbocycles. The van der Waals surface area contributed by atoms with Gasteiger partial charge in [0.05, 0.1) is 5.69 Å². The monoisotopic (exact) mass is 347 g/mol. The average Bonchev–Trinajstić information content (AvgIpc) is 2.65. The number of carbonyl (C=O) groups is 1. The molecule has 0 aliphatic rings. The first-order valence-corrected chi connectivity index (χ1v) is 8.50. The van der Waals surface area contributed by atoms with E-state index in [1.54, 1.807) is 13.0 Å². The van der Waals surface area contributed by atoms with Crippen molar-refractivity contribution in [3.05, 3.63) is 82.1 Å². The molecular formula is C21H21N3O2. The smallest absolute Gasteiger partial charge is 0.267 e. The zero-order valence-corrected chi connectivity index (χ0v) is 15.1. The van der Waals surface area contributed by atoms with E-state index >= 15 is 0 Å². The van der Waals surface area contributed by atoms with Crippen LogP contribution in [-0.2, 0) is 4.79 Å². The maximum absolute atomic E-state index is 12.7. The van der Waals surface area contributed by atoms with Gasteiger partial charge in [-0.1, -0.05) is 48.5 Å². The number of carbonyl (C=O) groups excluding carboxylic acids is 1. The summed E-state index contributed by atoms with van der Waals surface area (Å²) in [5.41, 5.74) is 3.96. The molecule has 26 heavy (non-hydrogen) atoms. The summed E-state index contributed by atoms with van der Waals surface area (Å²) >= 11 is 0. The van der Waals surface area contributed by atoms with E-state index in [4.69, 9.17) is 0 Å². The van der Waals surface area contributed by atoms with E-state index in [-0.39, 0.29) is 11.5 Å². The van der Waals surface area contributed by atoms with E-state index in [1.165, 1.54) is 10.7 Å². The minimum atomic E-state index is -0.731. The molecule has 1 unspecified atom stereocenters. The highest BCUT2D eigenvalue weighted by atomic mass is 16.2. The zero-order valence-electron chi connectivity index (χ0n) is 15.1. The molecule has 0 aliphatic carbocycles. The van der Waals surface area contributed by atoms with Crippen molar-refractivity contribution in [2.45, 2.75) is 26.8 Å². The molecule has 0 radical (unpaired) electrons. The molecule has 5 nitrogen and oxygen atoms in total. The van der Waals surface area contributed by atoms with E-state index < -0.39 is 6.04 Å². The highest BCUT2D eigenvalue weighted by Gasteiger charge is 2.19.